The van der Waals surface area contributed by atoms with Gasteiger partial charge in [0.1, 0.15) is 0 Å². The van der Waals surface area contributed by atoms with Crippen molar-refractivity contribution in [2.45, 2.75) is 19.3 Å². The lowest BCUT2D eigenvalue weighted by Crippen LogP contribution is -2.23. The zero-order valence-corrected chi connectivity index (χ0v) is 14.7. The standard InChI is InChI=1S/C17H16Cl2N4O2/c18-14-6-4-12(5-7-14)10-25-11-16(24)9-23-21-17(20-22-23)13-2-1-3-15(19)8-13/h1-8,16,24H,9-11H2. The highest BCUT2D eigenvalue weighted by molar-refractivity contribution is 6.31. The highest BCUT2D eigenvalue weighted by atomic mass is 35.5. The van der Waals surface area contributed by atoms with Crippen LogP contribution in [0.25, 0.3) is 11.4 Å². The fourth-order valence-corrected chi connectivity index (χ4v) is 2.51. The molecular formula is C17H16Cl2N4O2. The molecule has 3 aromatic rings. The fourth-order valence-electron chi connectivity index (χ4n) is 2.20. The topological polar surface area (TPSA) is 73.1 Å². The Hall–Kier alpha value is -1.99. The number of rotatable bonds is 7. The Morgan fingerprint density at radius 3 is 2.64 bits per heavy atom. The number of benzene rings is 2. The summed E-state index contributed by atoms with van der Waals surface area (Å²) in [5.41, 5.74) is 1.76. The molecule has 3 rings (SSSR count). The van der Waals surface area contributed by atoms with Gasteiger partial charge < -0.3 is 9.84 Å². The number of nitrogens with zero attached hydrogens (tertiary/aromatic N) is 4. The molecule has 1 aromatic heterocycles. The summed E-state index contributed by atoms with van der Waals surface area (Å²) in [5.74, 6) is 0.455. The second kappa shape index (κ2) is 8.40. The van der Waals surface area contributed by atoms with Crippen molar-refractivity contribution in [2.75, 3.05) is 6.61 Å². The van der Waals surface area contributed by atoms with Crippen LogP contribution in [0.2, 0.25) is 10.0 Å². The molecule has 0 bridgehead atoms. The van der Waals surface area contributed by atoms with Gasteiger partial charge in [-0.15, -0.1) is 10.2 Å². The Bertz CT molecular complexity index is 824. The summed E-state index contributed by atoms with van der Waals surface area (Å²) in [6.45, 7) is 0.748. The number of ether oxygens (including phenoxy) is 1. The van der Waals surface area contributed by atoms with E-state index in [9.17, 15) is 5.11 Å². The summed E-state index contributed by atoms with van der Waals surface area (Å²) in [6.07, 6.45) is -0.742. The Morgan fingerprint density at radius 2 is 1.88 bits per heavy atom. The van der Waals surface area contributed by atoms with Gasteiger partial charge in [-0.3, -0.25) is 0 Å². The molecule has 0 amide bonds. The van der Waals surface area contributed by atoms with Gasteiger partial charge in [0.15, 0.2) is 0 Å². The van der Waals surface area contributed by atoms with Crippen LogP contribution in [0.3, 0.4) is 0 Å². The van der Waals surface area contributed by atoms with Crippen molar-refractivity contribution in [2.24, 2.45) is 0 Å². The highest BCUT2D eigenvalue weighted by Crippen LogP contribution is 2.18. The molecule has 2 aromatic carbocycles. The number of aromatic nitrogens is 4. The second-order valence-corrected chi connectivity index (χ2v) is 6.35. The monoisotopic (exact) mass is 378 g/mol. The number of tetrazole rings is 1. The Kier molecular flexibility index (Phi) is 5.99. The quantitative estimate of drug-likeness (QED) is 0.683. The largest absolute Gasteiger partial charge is 0.389 e. The van der Waals surface area contributed by atoms with E-state index in [1.807, 2.05) is 24.3 Å². The Morgan fingerprint density at radius 1 is 1.08 bits per heavy atom. The molecule has 0 spiro atoms. The molecule has 0 aliphatic carbocycles. The summed E-state index contributed by atoms with van der Waals surface area (Å²) in [6, 6.07) is 14.6. The second-order valence-electron chi connectivity index (χ2n) is 5.47. The predicted octanol–water partition coefficient (Wildman–Crippen LogP) is 3.22. The first kappa shape index (κ1) is 17.8. The summed E-state index contributed by atoms with van der Waals surface area (Å²) < 4.78 is 5.50. The van der Waals surface area contributed by atoms with Gasteiger partial charge in [-0.25, -0.2) is 0 Å². The molecular weight excluding hydrogens is 363 g/mol. The number of halogens is 2. The average molecular weight is 379 g/mol. The third kappa shape index (κ3) is 5.24. The van der Waals surface area contributed by atoms with Crippen LogP contribution in [0, 0.1) is 0 Å². The summed E-state index contributed by atoms with van der Waals surface area (Å²) >= 11 is 11.8. The number of hydrogen-bond donors (Lipinski definition) is 1. The molecule has 25 heavy (non-hydrogen) atoms. The molecule has 1 unspecified atom stereocenters. The molecule has 0 fully saturated rings. The van der Waals surface area contributed by atoms with Gasteiger partial charge in [0.05, 0.1) is 25.9 Å². The Balaban J connectivity index is 1.49. The predicted molar refractivity (Wildman–Crippen MR) is 95.4 cm³/mol. The van der Waals surface area contributed by atoms with Gasteiger partial charge in [0, 0.05) is 15.6 Å². The van der Waals surface area contributed by atoms with E-state index >= 15 is 0 Å². The van der Waals surface area contributed by atoms with Gasteiger partial charge in [-0.2, -0.15) is 4.80 Å². The molecule has 8 heteroatoms. The molecule has 0 aliphatic rings. The SMILES string of the molecule is OC(COCc1ccc(Cl)cc1)Cn1nnc(-c2cccc(Cl)c2)n1. The van der Waals surface area contributed by atoms with Crippen LogP contribution in [0.4, 0.5) is 0 Å². The maximum atomic E-state index is 10.1. The zero-order chi connectivity index (χ0) is 17.6. The van der Waals surface area contributed by atoms with E-state index in [1.165, 1.54) is 4.80 Å². The molecule has 1 N–H and O–H groups in total. The van der Waals surface area contributed by atoms with Gasteiger partial charge in [0.25, 0.3) is 0 Å². The van der Waals surface area contributed by atoms with E-state index in [0.29, 0.717) is 22.5 Å². The third-order valence-corrected chi connectivity index (χ3v) is 3.89. The average Bonchev–Trinajstić information content (AvgIpc) is 3.05. The van der Waals surface area contributed by atoms with E-state index in [4.69, 9.17) is 27.9 Å². The van der Waals surface area contributed by atoms with Crippen molar-refractivity contribution in [3.05, 3.63) is 64.1 Å². The van der Waals surface area contributed by atoms with Crippen LogP contribution in [0.5, 0.6) is 0 Å². The first-order valence-corrected chi connectivity index (χ1v) is 8.40. The molecule has 0 saturated heterocycles. The molecule has 1 heterocycles. The summed E-state index contributed by atoms with van der Waals surface area (Å²) in [5, 5.41) is 23.5. The molecule has 6 nitrogen and oxygen atoms in total. The van der Waals surface area contributed by atoms with E-state index in [1.54, 1.807) is 24.3 Å². The normalized spacial score (nSPS) is 12.3. The van der Waals surface area contributed by atoms with Crippen molar-refractivity contribution in [1.29, 1.82) is 0 Å². The lowest BCUT2D eigenvalue weighted by atomic mass is 10.2. The summed E-state index contributed by atoms with van der Waals surface area (Å²) in [7, 11) is 0. The van der Waals surface area contributed by atoms with Crippen LogP contribution in [0.1, 0.15) is 5.56 Å². The maximum absolute atomic E-state index is 10.1. The van der Waals surface area contributed by atoms with E-state index in [0.717, 1.165) is 11.1 Å². The van der Waals surface area contributed by atoms with Crippen LogP contribution >= 0.6 is 23.2 Å². The van der Waals surface area contributed by atoms with Crippen LogP contribution in [-0.4, -0.2) is 38.0 Å². The van der Waals surface area contributed by atoms with E-state index in [2.05, 4.69) is 15.4 Å². The number of aliphatic hydroxyl groups is 1. The minimum atomic E-state index is -0.742. The van der Waals surface area contributed by atoms with Crippen LogP contribution < -0.4 is 0 Å². The van der Waals surface area contributed by atoms with Gasteiger partial charge in [-0.1, -0.05) is 47.5 Å². The number of hydrogen-bond acceptors (Lipinski definition) is 5. The first-order valence-electron chi connectivity index (χ1n) is 7.64. The van der Waals surface area contributed by atoms with Gasteiger partial charge >= 0.3 is 0 Å². The summed E-state index contributed by atoms with van der Waals surface area (Å²) in [4.78, 5) is 1.34. The Labute approximate surface area is 155 Å². The minimum absolute atomic E-state index is 0.163. The van der Waals surface area contributed by atoms with E-state index in [-0.39, 0.29) is 13.2 Å². The molecule has 130 valence electrons. The lowest BCUT2D eigenvalue weighted by Gasteiger charge is -2.10. The van der Waals surface area contributed by atoms with Crippen LogP contribution in [0.15, 0.2) is 48.5 Å². The lowest BCUT2D eigenvalue weighted by molar-refractivity contribution is 0.0165. The van der Waals surface area contributed by atoms with E-state index < -0.39 is 6.10 Å². The minimum Gasteiger partial charge on any atom is -0.389 e. The van der Waals surface area contributed by atoms with Gasteiger partial charge in [-0.05, 0) is 35.0 Å². The third-order valence-electron chi connectivity index (χ3n) is 3.40. The van der Waals surface area contributed by atoms with Crippen molar-refractivity contribution < 1.29 is 9.84 Å². The van der Waals surface area contributed by atoms with Crippen molar-refractivity contribution >= 4 is 23.2 Å². The smallest absolute Gasteiger partial charge is 0.204 e. The molecule has 0 saturated carbocycles. The number of aliphatic hydroxyl groups excluding tert-OH is 1. The molecule has 1 atom stereocenters. The molecule has 0 radical (unpaired) electrons. The fraction of sp³-hybridized carbons (Fsp3) is 0.235. The molecule has 0 aliphatic heterocycles. The zero-order valence-electron chi connectivity index (χ0n) is 13.2. The van der Waals surface area contributed by atoms with Crippen molar-refractivity contribution in [3.63, 3.8) is 0 Å². The highest BCUT2D eigenvalue weighted by Gasteiger charge is 2.11. The first-order chi connectivity index (χ1) is 12.1. The van der Waals surface area contributed by atoms with Gasteiger partial charge in [0.2, 0.25) is 5.82 Å². The van der Waals surface area contributed by atoms with Crippen LogP contribution in [-0.2, 0) is 17.9 Å². The van der Waals surface area contributed by atoms with Crippen molar-refractivity contribution in [1.82, 2.24) is 20.2 Å². The van der Waals surface area contributed by atoms with Crippen molar-refractivity contribution in [3.8, 4) is 11.4 Å². The maximum Gasteiger partial charge on any atom is 0.204 e.